The van der Waals surface area contributed by atoms with Gasteiger partial charge in [0, 0.05) is 23.5 Å². The van der Waals surface area contributed by atoms with E-state index >= 15 is 0 Å². The predicted octanol–water partition coefficient (Wildman–Crippen LogP) is 0.905. The number of hydrogen-bond donors (Lipinski definition) is 5. The van der Waals surface area contributed by atoms with E-state index in [0.29, 0.717) is 11.1 Å². The molecule has 0 fully saturated rings. The number of aliphatic hydroxyl groups is 1. The van der Waals surface area contributed by atoms with Gasteiger partial charge in [0.25, 0.3) is 5.56 Å². The molecule has 4 aromatic rings. The molecule has 0 bridgehead atoms. The standard InChI is InChI=1S/C23H22N4O6/c1-12(28)19(22(31)32)26-20(29)18(10-13-11-24-16-8-4-2-6-14(13)16)27-21(30)15-7-3-5-9-17(15)25-23(27)33/h2-9,11-12,18-19,24,28H,10H2,1H3,(H,25,33)(H,26,29)(H,31,32)/t12-,18+,19+/m1/s1. The molecule has 170 valence electrons. The number of nitrogens with one attached hydrogen (secondary N) is 3. The van der Waals surface area contributed by atoms with Gasteiger partial charge in [-0.15, -0.1) is 0 Å². The molecular weight excluding hydrogens is 428 g/mol. The minimum atomic E-state index is -1.61. The van der Waals surface area contributed by atoms with Gasteiger partial charge in [-0.1, -0.05) is 30.3 Å². The number of aromatic amines is 2. The van der Waals surface area contributed by atoms with E-state index in [1.54, 1.807) is 24.4 Å². The maximum absolute atomic E-state index is 13.3. The van der Waals surface area contributed by atoms with Crippen LogP contribution < -0.4 is 16.6 Å². The first-order chi connectivity index (χ1) is 15.8. The van der Waals surface area contributed by atoms with Crippen LogP contribution in [0.3, 0.4) is 0 Å². The van der Waals surface area contributed by atoms with Crippen LogP contribution in [-0.4, -0.2) is 48.8 Å². The Morgan fingerprint density at radius 1 is 1.03 bits per heavy atom. The molecule has 0 unspecified atom stereocenters. The van der Waals surface area contributed by atoms with Crippen molar-refractivity contribution in [1.29, 1.82) is 0 Å². The van der Waals surface area contributed by atoms with Crippen molar-refractivity contribution in [2.45, 2.75) is 31.5 Å². The van der Waals surface area contributed by atoms with Gasteiger partial charge >= 0.3 is 11.7 Å². The average molecular weight is 450 g/mol. The van der Waals surface area contributed by atoms with Crippen molar-refractivity contribution < 1.29 is 19.8 Å². The van der Waals surface area contributed by atoms with Crippen molar-refractivity contribution in [3.05, 3.63) is 81.1 Å². The number of amides is 1. The van der Waals surface area contributed by atoms with Gasteiger partial charge in [0.2, 0.25) is 5.91 Å². The number of fused-ring (bicyclic) bond motifs is 2. The summed E-state index contributed by atoms with van der Waals surface area (Å²) in [6, 6.07) is 10.8. The van der Waals surface area contributed by atoms with E-state index < -0.39 is 41.3 Å². The number of para-hydroxylation sites is 2. The number of H-pyrrole nitrogens is 2. The third-order valence-electron chi connectivity index (χ3n) is 5.59. The van der Waals surface area contributed by atoms with Gasteiger partial charge < -0.3 is 25.5 Å². The number of aromatic nitrogens is 3. The molecule has 0 aliphatic carbocycles. The number of hydrogen-bond acceptors (Lipinski definition) is 5. The second-order valence-corrected chi connectivity index (χ2v) is 7.80. The molecule has 33 heavy (non-hydrogen) atoms. The maximum atomic E-state index is 13.3. The van der Waals surface area contributed by atoms with Crippen molar-refractivity contribution in [1.82, 2.24) is 19.9 Å². The number of nitrogens with zero attached hydrogens (tertiary/aromatic N) is 1. The van der Waals surface area contributed by atoms with E-state index in [4.69, 9.17) is 0 Å². The summed E-state index contributed by atoms with van der Waals surface area (Å²) in [5, 5.41) is 22.4. The van der Waals surface area contributed by atoms with Crippen molar-refractivity contribution >= 4 is 33.7 Å². The number of carbonyl (C=O) groups is 2. The number of aliphatic hydroxyl groups excluding tert-OH is 1. The van der Waals surface area contributed by atoms with Gasteiger partial charge in [0.1, 0.15) is 6.04 Å². The van der Waals surface area contributed by atoms with Crippen molar-refractivity contribution in [2.75, 3.05) is 0 Å². The number of carboxylic acid groups (broad SMARTS) is 1. The first kappa shape index (κ1) is 22.0. The van der Waals surface area contributed by atoms with Crippen LogP contribution in [-0.2, 0) is 16.0 Å². The van der Waals surface area contributed by atoms with Crippen LogP contribution in [0.2, 0.25) is 0 Å². The van der Waals surface area contributed by atoms with Gasteiger partial charge in [-0.05, 0) is 30.7 Å². The second kappa shape index (κ2) is 8.75. The Labute approximate surface area is 186 Å². The van der Waals surface area contributed by atoms with Crippen LogP contribution in [0, 0.1) is 0 Å². The number of rotatable bonds is 7. The van der Waals surface area contributed by atoms with E-state index in [1.807, 2.05) is 24.3 Å². The zero-order chi connectivity index (χ0) is 23.7. The third-order valence-corrected chi connectivity index (χ3v) is 5.59. The molecule has 0 saturated carbocycles. The number of benzene rings is 2. The van der Waals surface area contributed by atoms with Gasteiger partial charge in [0.05, 0.1) is 17.0 Å². The van der Waals surface area contributed by atoms with Crippen molar-refractivity contribution in [3.63, 3.8) is 0 Å². The Balaban J connectivity index is 1.85. The summed E-state index contributed by atoms with van der Waals surface area (Å²) >= 11 is 0. The van der Waals surface area contributed by atoms with Crippen molar-refractivity contribution in [3.8, 4) is 0 Å². The topological polar surface area (TPSA) is 157 Å². The Hall–Kier alpha value is -4.18. The number of aliphatic carboxylic acids is 1. The lowest BCUT2D eigenvalue weighted by molar-refractivity contribution is -0.145. The van der Waals surface area contributed by atoms with Crippen LogP contribution in [0.1, 0.15) is 18.5 Å². The molecule has 0 spiro atoms. The third kappa shape index (κ3) is 4.15. The van der Waals surface area contributed by atoms with Gasteiger partial charge in [-0.3, -0.25) is 9.59 Å². The Kier molecular flexibility index (Phi) is 5.84. The highest BCUT2D eigenvalue weighted by molar-refractivity contribution is 5.88. The van der Waals surface area contributed by atoms with Crippen LogP contribution in [0.15, 0.2) is 64.3 Å². The molecule has 10 nitrogen and oxygen atoms in total. The average Bonchev–Trinajstić information content (AvgIpc) is 3.19. The minimum Gasteiger partial charge on any atom is -0.480 e. The summed E-state index contributed by atoms with van der Waals surface area (Å²) in [5.74, 6) is -2.32. The zero-order valence-corrected chi connectivity index (χ0v) is 17.6. The summed E-state index contributed by atoms with van der Waals surface area (Å²) in [4.78, 5) is 56.6. The summed E-state index contributed by atoms with van der Waals surface area (Å²) in [6.45, 7) is 1.22. The van der Waals surface area contributed by atoms with Crippen molar-refractivity contribution in [2.24, 2.45) is 0 Å². The van der Waals surface area contributed by atoms with Crippen LogP contribution in [0.25, 0.3) is 21.8 Å². The molecule has 2 aromatic carbocycles. The summed E-state index contributed by atoms with van der Waals surface area (Å²) in [5.41, 5.74) is 0.302. The molecular formula is C23H22N4O6. The van der Waals surface area contributed by atoms with Crippen LogP contribution in [0.5, 0.6) is 0 Å². The molecule has 0 aliphatic rings. The van der Waals surface area contributed by atoms with E-state index in [0.717, 1.165) is 15.5 Å². The number of carbonyl (C=O) groups excluding carboxylic acids is 1. The van der Waals surface area contributed by atoms with Gasteiger partial charge in [-0.25, -0.2) is 14.2 Å². The summed E-state index contributed by atoms with van der Waals surface area (Å²) < 4.78 is 0.792. The molecule has 2 heterocycles. The Morgan fingerprint density at radius 2 is 1.67 bits per heavy atom. The van der Waals surface area contributed by atoms with E-state index in [2.05, 4.69) is 15.3 Å². The minimum absolute atomic E-state index is 0.0661. The first-order valence-corrected chi connectivity index (χ1v) is 10.3. The molecule has 1 amide bonds. The van der Waals surface area contributed by atoms with Gasteiger partial charge in [0.15, 0.2) is 6.04 Å². The fourth-order valence-corrected chi connectivity index (χ4v) is 3.91. The number of carboxylic acids is 1. The van der Waals surface area contributed by atoms with E-state index in [9.17, 15) is 29.4 Å². The quantitative estimate of drug-likeness (QED) is 0.282. The molecule has 3 atom stereocenters. The first-order valence-electron chi connectivity index (χ1n) is 10.3. The highest BCUT2D eigenvalue weighted by Gasteiger charge is 2.32. The molecule has 10 heteroatoms. The lowest BCUT2D eigenvalue weighted by Crippen LogP contribution is -2.52. The highest BCUT2D eigenvalue weighted by Crippen LogP contribution is 2.22. The highest BCUT2D eigenvalue weighted by atomic mass is 16.4. The predicted molar refractivity (Wildman–Crippen MR) is 121 cm³/mol. The smallest absolute Gasteiger partial charge is 0.329 e. The Bertz CT molecular complexity index is 1470. The van der Waals surface area contributed by atoms with E-state index in [-0.39, 0.29) is 11.8 Å². The van der Waals surface area contributed by atoms with Gasteiger partial charge in [-0.2, -0.15) is 0 Å². The second-order valence-electron chi connectivity index (χ2n) is 7.80. The van der Waals surface area contributed by atoms with Crippen LogP contribution in [0.4, 0.5) is 0 Å². The lowest BCUT2D eigenvalue weighted by Gasteiger charge is -2.23. The van der Waals surface area contributed by atoms with Crippen LogP contribution >= 0.6 is 0 Å². The Morgan fingerprint density at radius 3 is 2.33 bits per heavy atom. The fourth-order valence-electron chi connectivity index (χ4n) is 3.91. The lowest BCUT2D eigenvalue weighted by atomic mass is 10.0. The van der Waals surface area contributed by atoms with E-state index in [1.165, 1.54) is 13.0 Å². The SMILES string of the molecule is C[C@@H](O)[C@H](NC(=O)[C@H](Cc1c[nH]c2ccccc12)n1c(=O)[nH]c2ccccc2c1=O)C(=O)O. The zero-order valence-electron chi connectivity index (χ0n) is 17.6. The molecule has 4 rings (SSSR count). The molecule has 0 aliphatic heterocycles. The maximum Gasteiger partial charge on any atom is 0.329 e. The fraction of sp³-hybridized carbons (Fsp3) is 0.217. The monoisotopic (exact) mass is 450 g/mol. The molecule has 0 saturated heterocycles. The molecule has 2 aromatic heterocycles. The molecule has 5 N–H and O–H groups in total. The molecule has 0 radical (unpaired) electrons. The summed E-state index contributed by atoms with van der Waals surface area (Å²) in [6.07, 6.45) is 0.213. The summed E-state index contributed by atoms with van der Waals surface area (Å²) in [7, 11) is 0. The normalized spacial score (nSPS) is 14.1. The largest absolute Gasteiger partial charge is 0.480 e.